The van der Waals surface area contributed by atoms with Crippen LogP contribution in [0.3, 0.4) is 0 Å². The Hall–Kier alpha value is 0.560. The molecule has 0 aliphatic rings. The molecule has 0 rings (SSSR count). The van der Waals surface area contributed by atoms with Gasteiger partial charge in [-0.15, -0.1) is 0 Å². The van der Waals surface area contributed by atoms with Gasteiger partial charge < -0.3 is 30.3 Å². The molecular formula is C6H14AuO6S. The summed E-state index contributed by atoms with van der Waals surface area (Å²) in [5.74, 6) is 0. The zero-order valence-electron chi connectivity index (χ0n) is 7.04. The summed E-state index contributed by atoms with van der Waals surface area (Å²) in [4.78, 5) is 9.90. The summed E-state index contributed by atoms with van der Waals surface area (Å²) in [6.45, 7) is -0.760. The molecule has 0 aliphatic carbocycles. The number of carbonyl (C=O) groups excluding carboxylic acids is 1. The van der Waals surface area contributed by atoms with E-state index in [1.54, 1.807) is 0 Å². The molecule has 0 saturated carbocycles. The molecule has 0 amide bonds. The molecule has 4 atom stereocenters. The van der Waals surface area contributed by atoms with E-state index in [1.165, 1.54) is 0 Å². The fourth-order valence-electron chi connectivity index (χ4n) is 0.618. The normalized spacial score (nSPS) is 18.1. The van der Waals surface area contributed by atoms with Crippen LogP contribution in [0.25, 0.3) is 0 Å². The first-order chi connectivity index (χ1) is 5.54. The second-order valence-corrected chi connectivity index (χ2v) is 2.36. The molecule has 5 N–H and O–H groups in total. The summed E-state index contributed by atoms with van der Waals surface area (Å²) in [5, 5.41) is 43.5. The predicted octanol–water partition coefficient (Wildman–Crippen LogP) is -3.27. The number of carbonyl (C=O) groups is 1. The van der Waals surface area contributed by atoms with E-state index in [1.807, 2.05) is 0 Å². The van der Waals surface area contributed by atoms with Crippen LogP contribution in [0, 0.1) is 0 Å². The second-order valence-electron chi connectivity index (χ2n) is 2.36. The Labute approximate surface area is 104 Å². The molecule has 8 heteroatoms. The van der Waals surface area contributed by atoms with Gasteiger partial charge in [0.15, 0.2) is 6.29 Å². The first-order valence-corrected chi connectivity index (χ1v) is 3.33. The zero-order valence-corrected chi connectivity index (χ0v) is 10.2. The van der Waals surface area contributed by atoms with Crippen LogP contribution in [0.1, 0.15) is 0 Å². The van der Waals surface area contributed by atoms with Crippen LogP contribution in [0.2, 0.25) is 0 Å². The second kappa shape index (κ2) is 10.1. The fraction of sp³-hybridized carbons (Fsp3) is 0.833. The summed E-state index contributed by atoms with van der Waals surface area (Å²) in [6, 6.07) is 0. The molecule has 0 fully saturated rings. The van der Waals surface area contributed by atoms with Crippen molar-refractivity contribution in [1.82, 2.24) is 0 Å². The molecule has 0 aromatic heterocycles. The van der Waals surface area contributed by atoms with Gasteiger partial charge in [-0.3, -0.25) is 0 Å². The maximum atomic E-state index is 9.90. The van der Waals surface area contributed by atoms with Crippen LogP contribution in [0.15, 0.2) is 0 Å². The van der Waals surface area contributed by atoms with Crippen LogP contribution >= 0.6 is 13.5 Å². The van der Waals surface area contributed by atoms with Crippen molar-refractivity contribution in [3.63, 3.8) is 0 Å². The summed E-state index contributed by atoms with van der Waals surface area (Å²) in [6.07, 6.45) is -6.84. The Morgan fingerprint density at radius 3 is 1.79 bits per heavy atom. The van der Waals surface area contributed by atoms with Crippen molar-refractivity contribution in [3.8, 4) is 0 Å². The van der Waals surface area contributed by atoms with Gasteiger partial charge in [-0.1, -0.05) is 0 Å². The number of aldehydes is 1. The minimum absolute atomic E-state index is 0. The van der Waals surface area contributed by atoms with E-state index in [9.17, 15) is 4.79 Å². The maximum absolute atomic E-state index is 9.90. The molecule has 0 aromatic carbocycles. The molecule has 4 unspecified atom stereocenters. The van der Waals surface area contributed by atoms with E-state index in [-0.39, 0.29) is 42.2 Å². The van der Waals surface area contributed by atoms with Gasteiger partial charge in [0, 0.05) is 22.4 Å². The Morgan fingerprint density at radius 1 is 1.07 bits per heavy atom. The Bertz CT molecular complexity index is 148. The summed E-state index contributed by atoms with van der Waals surface area (Å²) < 4.78 is 0. The monoisotopic (exact) mass is 411 g/mol. The molecule has 0 bridgehead atoms. The van der Waals surface area contributed by atoms with Crippen LogP contribution in [0.4, 0.5) is 0 Å². The molecule has 6 nitrogen and oxygen atoms in total. The van der Waals surface area contributed by atoms with Gasteiger partial charge in [-0.25, -0.2) is 0 Å². The molecule has 0 heterocycles. The van der Waals surface area contributed by atoms with Crippen molar-refractivity contribution < 1.29 is 52.7 Å². The van der Waals surface area contributed by atoms with Crippen molar-refractivity contribution in [2.75, 3.05) is 6.61 Å². The van der Waals surface area contributed by atoms with E-state index in [2.05, 4.69) is 0 Å². The first-order valence-electron chi connectivity index (χ1n) is 3.33. The Kier molecular flexibility index (Phi) is 14.4. The van der Waals surface area contributed by atoms with Crippen molar-refractivity contribution in [1.29, 1.82) is 0 Å². The van der Waals surface area contributed by atoms with Crippen molar-refractivity contribution in [2.45, 2.75) is 24.4 Å². The predicted molar refractivity (Wildman–Crippen MR) is 47.6 cm³/mol. The van der Waals surface area contributed by atoms with Gasteiger partial charge in [0.05, 0.1) is 6.61 Å². The van der Waals surface area contributed by atoms with Gasteiger partial charge >= 0.3 is 0 Å². The Morgan fingerprint density at radius 2 is 1.50 bits per heavy atom. The van der Waals surface area contributed by atoms with Crippen LogP contribution in [-0.2, 0) is 27.2 Å². The van der Waals surface area contributed by atoms with E-state index >= 15 is 0 Å². The SMILES string of the molecule is O=CC(O)C(O)C(O)C(O)CO.S.[Au]. The minimum atomic E-state index is -1.79. The number of hydrogen-bond donors (Lipinski definition) is 5. The molecule has 0 aliphatic heterocycles. The van der Waals surface area contributed by atoms with Gasteiger partial charge in [0.2, 0.25) is 0 Å². The van der Waals surface area contributed by atoms with Gasteiger partial charge in [-0.2, -0.15) is 13.5 Å². The van der Waals surface area contributed by atoms with Crippen LogP contribution < -0.4 is 0 Å². The Balaban J connectivity index is -0.000000605. The third-order valence-corrected chi connectivity index (χ3v) is 1.42. The zero-order chi connectivity index (χ0) is 9.72. The molecule has 1 radical (unpaired) electrons. The van der Waals surface area contributed by atoms with Crippen LogP contribution in [0.5, 0.6) is 0 Å². The van der Waals surface area contributed by atoms with E-state index in [0.29, 0.717) is 0 Å². The van der Waals surface area contributed by atoms with Crippen molar-refractivity contribution >= 4 is 19.8 Å². The average Bonchev–Trinajstić information content (AvgIpc) is 2.12. The van der Waals surface area contributed by atoms with Gasteiger partial charge in [-0.05, 0) is 0 Å². The third-order valence-electron chi connectivity index (χ3n) is 1.42. The third kappa shape index (κ3) is 6.12. The van der Waals surface area contributed by atoms with E-state index < -0.39 is 31.0 Å². The van der Waals surface area contributed by atoms with E-state index in [4.69, 9.17) is 25.5 Å². The molecule has 0 spiro atoms. The smallest absolute Gasteiger partial charge is 0.151 e. The maximum Gasteiger partial charge on any atom is 0.151 e. The van der Waals surface area contributed by atoms with Crippen molar-refractivity contribution in [2.24, 2.45) is 0 Å². The number of hydrogen-bond acceptors (Lipinski definition) is 6. The first kappa shape index (κ1) is 20.0. The molecule has 14 heavy (non-hydrogen) atoms. The number of rotatable bonds is 5. The molecule has 91 valence electrons. The quantitative estimate of drug-likeness (QED) is 0.240. The van der Waals surface area contributed by atoms with Crippen molar-refractivity contribution in [3.05, 3.63) is 0 Å². The standard InChI is InChI=1S/C6H12O6.Au.H2S/c7-1-3(9)5(11)6(12)4(10)2-8;;/h1,3-6,8-12H,2H2;;1H2. The molecule has 0 aromatic rings. The number of aliphatic hydroxyl groups is 5. The fourth-order valence-corrected chi connectivity index (χ4v) is 0.618. The summed E-state index contributed by atoms with van der Waals surface area (Å²) >= 11 is 0. The number of aliphatic hydroxyl groups excluding tert-OH is 5. The summed E-state index contributed by atoms with van der Waals surface area (Å²) in [5.41, 5.74) is 0. The topological polar surface area (TPSA) is 118 Å². The van der Waals surface area contributed by atoms with Gasteiger partial charge in [0.1, 0.15) is 24.4 Å². The average molecular weight is 411 g/mol. The summed E-state index contributed by atoms with van der Waals surface area (Å²) in [7, 11) is 0. The largest absolute Gasteiger partial charge is 0.394 e. The van der Waals surface area contributed by atoms with Gasteiger partial charge in [0.25, 0.3) is 0 Å². The molecular weight excluding hydrogens is 397 g/mol. The minimum Gasteiger partial charge on any atom is -0.394 e. The van der Waals surface area contributed by atoms with Crippen LogP contribution in [-0.4, -0.2) is 62.8 Å². The van der Waals surface area contributed by atoms with E-state index in [0.717, 1.165) is 0 Å². The molecule has 0 saturated heterocycles.